The van der Waals surface area contributed by atoms with Crippen LogP contribution in [0.15, 0.2) is 12.2 Å². The standard InChI is InChI=1S/C7H10O/c8-7-4-2-5-1-3-6(5)7/h2,4-8H,1,3H2/t5-,6+,7+/m1/s1. The van der Waals surface area contributed by atoms with Crippen LogP contribution in [-0.2, 0) is 0 Å². The Balaban J connectivity index is 2.14. The number of aliphatic hydroxyl groups excluding tert-OH is 1. The summed E-state index contributed by atoms with van der Waals surface area (Å²) >= 11 is 0. The summed E-state index contributed by atoms with van der Waals surface area (Å²) in [6.45, 7) is 0. The molecule has 1 saturated carbocycles. The van der Waals surface area contributed by atoms with E-state index >= 15 is 0 Å². The van der Waals surface area contributed by atoms with Crippen molar-refractivity contribution < 1.29 is 5.11 Å². The minimum Gasteiger partial charge on any atom is -0.389 e. The monoisotopic (exact) mass is 110 g/mol. The van der Waals surface area contributed by atoms with Gasteiger partial charge in [0.1, 0.15) is 0 Å². The van der Waals surface area contributed by atoms with Crippen LogP contribution in [0.1, 0.15) is 12.8 Å². The number of hydrogen-bond donors (Lipinski definition) is 1. The summed E-state index contributed by atoms with van der Waals surface area (Å²) in [5.74, 6) is 1.35. The smallest absolute Gasteiger partial charge is 0.0754 e. The molecule has 0 heterocycles. The Morgan fingerprint density at radius 2 is 2.12 bits per heavy atom. The molecule has 1 N–H and O–H groups in total. The number of rotatable bonds is 0. The van der Waals surface area contributed by atoms with Crippen molar-refractivity contribution in [3.8, 4) is 0 Å². The van der Waals surface area contributed by atoms with Crippen molar-refractivity contribution >= 4 is 0 Å². The van der Waals surface area contributed by atoms with Crippen molar-refractivity contribution in [1.29, 1.82) is 0 Å². The molecule has 1 heteroatoms. The average molecular weight is 110 g/mol. The fraction of sp³-hybridized carbons (Fsp3) is 0.714. The molecule has 0 amide bonds. The lowest BCUT2D eigenvalue weighted by atomic mass is 9.75. The molecule has 0 radical (unpaired) electrons. The lowest BCUT2D eigenvalue weighted by molar-refractivity contribution is 0.0839. The van der Waals surface area contributed by atoms with Gasteiger partial charge in [-0.1, -0.05) is 12.2 Å². The number of fused-ring (bicyclic) bond motifs is 1. The van der Waals surface area contributed by atoms with E-state index in [0.717, 1.165) is 5.92 Å². The van der Waals surface area contributed by atoms with Gasteiger partial charge in [0.25, 0.3) is 0 Å². The minimum atomic E-state index is -0.103. The van der Waals surface area contributed by atoms with E-state index in [1.54, 1.807) is 0 Å². The molecule has 8 heavy (non-hydrogen) atoms. The molecule has 2 aliphatic rings. The lowest BCUT2D eigenvalue weighted by Gasteiger charge is -2.31. The Morgan fingerprint density at radius 3 is 2.38 bits per heavy atom. The Hall–Kier alpha value is -0.300. The van der Waals surface area contributed by atoms with Crippen molar-refractivity contribution in [2.24, 2.45) is 11.8 Å². The van der Waals surface area contributed by atoms with Crippen LogP contribution in [0.5, 0.6) is 0 Å². The molecule has 1 nitrogen and oxygen atoms in total. The first kappa shape index (κ1) is 4.57. The topological polar surface area (TPSA) is 20.2 Å². The zero-order valence-corrected chi connectivity index (χ0v) is 4.75. The fourth-order valence-electron chi connectivity index (χ4n) is 1.61. The van der Waals surface area contributed by atoms with Crippen molar-refractivity contribution in [3.63, 3.8) is 0 Å². The Kier molecular flexibility index (Phi) is 0.770. The maximum atomic E-state index is 9.13. The maximum absolute atomic E-state index is 9.13. The second-order valence-corrected chi connectivity index (χ2v) is 2.78. The third-order valence-electron chi connectivity index (χ3n) is 2.38. The molecule has 44 valence electrons. The highest BCUT2D eigenvalue weighted by Gasteiger charge is 2.37. The second kappa shape index (κ2) is 1.35. The molecule has 3 atom stereocenters. The molecule has 0 bridgehead atoms. The van der Waals surface area contributed by atoms with Gasteiger partial charge < -0.3 is 5.11 Å². The molecule has 2 rings (SSSR count). The van der Waals surface area contributed by atoms with Gasteiger partial charge in [-0.3, -0.25) is 0 Å². The van der Waals surface area contributed by atoms with Crippen molar-refractivity contribution in [2.45, 2.75) is 18.9 Å². The highest BCUT2D eigenvalue weighted by atomic mass is 16.3. The highest BCUT2D eigenvalue weighted by Crippen LogP contribution is 2.42. The van der Waals surface area contributed by atoms with Crippen LogP contribution in [0.3, 0.4) is 0 Å². The van der Waals surface area contributed by atoms with Gasteiger partial charge in [-0.25, -0.2) is 0 Å². The van der Waals surface area contributed by atoms with Crippen LogP contribution in [0, 0.1) is 11.8 Å². The normalized spacial score (nSPS) is 50.9. The quantitative estimate of drug-likeness (QED) is 0.460. The van der Waals surface area contributed by atoms with Crippen LogP contribution < -0.4 is 0 Å². The van der Waals surface area contributed by atoms with Gasteiger partial charge in [-0.15, -0.1) is 0 Å². The molecule has 0 aliphatic heterocycles. The van der Waals surface area contributed by atoms with Gasteiger partial charge in [0.2, 0.25) is 0 Å². The van der Waals surface area contributed by atoms with Gasteiger partial charge in [0.15, 0.2) is 0 Å². The first-order valence-electron chi connectivity index (χ1n) is 3.24. The van der Waals surface area contributed by atoms with Crippen LogP contribution in [0.2, 0.25) is 0 Å². The molecule has 0 aromatic rings. The molecule has 0 unspecified atom stereocenters. The summed E-state index contributed by atoms with van der Waals surface area (Å²) in [5, 5.41) is 9.13. The predicted molar refractivity (Wildman–Crippen MR) is 31.4 cm³/mol. The van der Waals surface area contributed by atoms with Crippen molar-refractivity contribution in [3.05, 3.63) is 12.2 Å². The van der Waals surface area contributed by atoms with E-state index in [0.29, 0.717) is 5.92 Å². The van der Waals surface area contributed by atoms with Crippen LogP contribution in [-0.4, -0.2) is 11.2 Å². The van der Waals surface area contributed by atoms with E-state index in [4.69, 9.17) is 5.11 Å². The van der Waals surface area contributed by atoms with Gasteiger partial charge in [-0.2, -0.15) is 0 Å². The lowest BCUT2D eigenvalue weighted by Crippen LogP contribution is -2.28. The average Bonchev–Trinajstić information content (AvgIpc) is 1.80. The summed E-state index contributed by atoms with van der Waals surface area (Å²) < 4.78 is 0. The Morgan fingerprint density at radius 1 is 1.25 bits per heavy atom. The third-order valence-corrected chi connectivity index (χ3v) is 2.38. The molecule has 0 aromatic carbocycles. The van der Waals surface area contributed by atoms with Crippen molar-refractivity contribution in [1.82, 2.24) is 0 Å². The number of aliphatic hydroxyl groups is 1. The molecular weight excluding hydrogens is 100 g/mol. The van der Waals surface area contributed by atoms with E-state index in [1.165, 1.54) is 12.8 Å². The molecular formula is C7H10O. The first-order valence-corrected chi connectivity index (χ1v) is 3.24. The van der Waals surface area contributed by atoms with E-state index in [1.807, 2.05) is 6.08 Å². The maximum Gasteiger partial charge on any atom is 0.0754 e. The van der Waals surface area contributed by atoms with E-state index < -0.39 is 0 Å². The molecule has 0 saturated heterocycles. The highest BCUT2D eigenvalue weighted by molar-refractivity contribution is 5.11. The summed E-state index contributed by atoms with van der Waals surface area (Å²) in [5.41, 5.74) is 0. The molecule has 1 fully saturated rings. The van der Waals surface area contributed by atoms with Crippen LogP contribution in [0.4, 0.5) is 0 Å². The predicted octanol–water partition coefficient (Wildman–Crippen LogP) is 0.943. The molecule has 2 aliphatic carbocycles. The Bertz CT molecular complexity index is 120. The summed E-state index contributed by atoms with van der Waals surface area (Å²) in [6.07, 6.45) is 6.52. The SMILES string of the molecule is O[C@H]1C=C[C@H]2CC[C@H]12. The van der Waals surface area contributed by atoms with Gasteiger partial charge in [-0.05, 0) is 24.7 Å². The largest absolute Gasteiger partial charge is 0.389 e. The van der Waals surface area contributed by atoms with E-state index in [2.05, 4.69) is 6.08 Å². The molecule has 0 aromatic heterocycles. The van der Waals surface area contributed by atoms with E-state index in [-0.39, 0.29) is 6.10 Å². The number of hydrogen-bond acceptors (Lipinski definition) is 1. The van der Waals surface area contributed by atoms with Crippen LogP contribution >= 0.6 is 0 Å². The summed E-state index contributed by atoms with van der Waals surface area (Å²) in [7, 11) is 0. The first-order chi connectivity index (χ1) is 3.88. The van der Waals surface area contributed by atoms with Crippen molar-refractivity contribution in [2.75, 3.05) is 0 Å². The summed E-state index contributed by atoms with van der Waals surface area (Å²) in [6, 6.07) is 0. The third kappa shape index (κ3) is 0.402. The van der Waals surface area contributed by atoms with E-state index in [9.17, 15) is 0 Å². The molecule has 0 spiro atoms. The fourth-order valence-corrected chi connectivity index (χ4v) is 1.61. The number of allylic oxidation sites excluding steroid dienone is 1. The van der Waals surface area contributed by atoms with Gasteiger partial charge in [0.05, 0.1) is 6.10 Å². The zero-order valence-electron chi connectivity index (χ0n) is 4.75. The van der Waals surface area contributed by atoms with Crippen LogP contribution in [0.25, 0.3) is 0 Å². The minimum absolute atomic E-state index is 0.103. The zero-order chi connectivity index (χ0) is 5.56. The Labute approximate surface area is 49.0 Å². The van der Waals surface area contributed by atoms with Gasteiger partial charge in [0, 0.05) is 0 Å². The second-order valence-electron chi connectivity index (χ2n) is 2.78. The van der Waals surface area contributed by atoms with Gasteiger partial charge >= 0.3 is 0 Å². The summed E-state index contributed by atoms with van der Waals surface area (Å²) in [4.78, 5) is 0.